The van der Waals surface area contributed by atoms with Crippen molar-refractivity contribution >= 4 is 12.2 Å². The summed E-state index contributed by atoms with van der Waals surface area (Å²) in [6.45, 7) is 0.375. The molecule has 5 heteroatoms. The fourth-order valence-electron chi connectivity index (χ4n) is 0.502. The van der Waals surface area contributed by atoms with Crippen LogP contribution in [-0.4, -0.2) is 13.6 Å². The molecule has 0 heterocycles. The van der Waals surface area contributed by atoms with Crippen molar-refractivity contribution in [3.63, 3.8) is 0 Å². The topological polar surface area (TPSA) is 52.3 Å². The molecule has 13 heavy (non-hydrogen) atoms. The van der Waals surface area contributed by atoms with E-state index in [-0.39, 0.29) is 5.69 Å². The monoisotopic (exact) mass is 189 g/mol. The Labute approximate surface area is 74.1 Å². The number of hydrogen-bond acceptors (Lipinski definition) is 3. The molecule has 0 atom stereocenters. The fraction of sp³-hybridized carbons (Fsp3) is 0.125. The Morgan fingerprint density at radius 2 is 2.00 bits per heavy atom. The minimum Gasteiger partial charge on any atom is -0.471 e. The molecule has 0 spiro atoms. The summed E-state index contributed by atoms with van der Waals surface area (Å²) in [4.78, 5) is 8.95. The Morgan fingerprint density at radius 3 is 2.31 bits per heavy atom. The van der Waals surface area contributed by atoms with Crippen LogP contribution >= 0.6 is 0 Å². The number of nitrogens with two attached hydrogens (primary N) is 1. The second-order valence-electron chi connectivity index (χ2n) is 2.00. The van der Waals surface area contributed by atoms with Gasteiger partial charge < -0.3 is 10.5 Å². The summed E-state index contributed by atoms with van der Waals surface area (Å²) < 4.78 is 28.1. The van der Waals surface area contributed by atoms with E-state index < -0.39 is 11.6 Å². The maximum atomic E-state index is 12.2. The van der Waals surface area contributed by atoms with Crippen molar-refractivity contribution in [1.29, 1.82) is 0 Å². The normalized spacial score (nSPS) is 8.23. The highest BCUT2D eigenvalue weighted by atomic mass is 19.1. The first-order valence-corrected chi connectivity index (χ1v) is 3.28. The summed E-state index contributed by atoms with van der Waals surface area (Å²) in [7, 11) is 1.31. The molecule has 0 aromatic heterocycles. The van der Waals surface area contributed by atoms with Crippen molar-refractivity contribution in [3.05, 3.63) is 29.8 Å². The molecule has 0 saturated carbocycles. The number of anilines is 1. The third-order valence-corrected chi connectivity index (χ3v) is 1.06. The maximum Gasteiger partial charge on any atom is 0.292 e. The third-order valence-electron chi connectivity index (χ3n) is 1.06. The molecule has 0 aliphatic rings. The molecule has 0 aliphatic carbocycles. The van der Waals surface area contributed by atoms with Crippen LogP contribution in [0.15, 0.2) is 18.2 Å². The van der Waals surface area contributed by atoms with E-state index in [0.29, 0.717) is 6.47 Å². The SMILES string of the molecule is COC=O.Nc1ccc(F)cc1F. The predicted molar refractivity (Wildman–Crippen MR) is 43.8 cm³/mol. The largest absolute Gasteiger partial charge is 0.471 e. The molecule has 0 aliphatic heterocycles. The minimum atomic E-state index is -0.713. The van der Waals surface area contributed by atoms with Gasteiger partial charge in [0.25, 0.3) is 6.47 Å². The number of methoxy groups -OCH3 is 1. The molecule has 0 amide bonds. The van der Waals surface area contributed by atoms with Crippen LogP contribution in [0, 0.1) is 11.6 Å². The number of ether oxygens (including phenoxy) is 1. The highest BCUT2D eigenvalue weighted by Crippen LogP contribution is 2.09. The smallest absolute Gasteiger partial charge is 0.292 e. The molecular formula is C8H9F2NO2. The second kappa shape index (κ2) is 5.93. The molecular weight excluding hydrogens is 180 g/mol. The second-order valence-corrected chi connectivity index (χ2v) is 2.00. The first kappa shape index (κ1) is 11.4. The van der Waals surface area contributed by atoms with Gasteiger partial charge in [0.05, 0.1) is 12.8 Å². The molecule has 3 nitrogen and oxygen atoms in total. The van der Waals surface area contributed by atoms with Crippen LogP contribution in [0.25, 0.3) is 0 Å². The summed E-state index contributed by atoms with van der Waals surface area (Å²) in [5, 5.41) is 0. The van der Waals surface area contributed by atoms with E-state index in [1.54, 1.807) is 0 Å². The van der Waals surface area contributed by atoms with Gasteiger partial charge in [-0.2, -0.15) is 0 Å². The number of nitrogen functional groups attached to an aromatic ring is 1. The lowest BCUT2D eigenvalue weighted by atomic mass is 10.3. The summed E-state index contributed by atoms with van der Waals surface area (Å²) in [6, 6.07) is 3.04. The average molecular weight is 189 g/mol. The summed E-state index contributed by atoms with van der Waals surface area (Å²) >= 11 is 0. The van der Waals surface area contributed by atoms with Crippen LogP contribution in [0.1, 0.15) is 0 Å². The van der Waals surface area contributed by atoms with Gasteiger partial charge >= 0.3 is 0 Å². The van der Waals surface area contributed by atoms with Crippen LogP contribution in [0.2, 0.25) is 0 Å². The number of hydrogen-bond donors (Lipinski definition) is 1. The fourth-order valence-corrected chi connectivity index (χ4v) is 0.502. The molecule has 0 radical (unpaired) electrons. The first-order valence-electron chi connectivity index (χ1n) is 3.28. The van der Waals surface area contributed by atoms with Crippen LogP contribution in [0.5, 0.6) is 0 Å². The molecule has 0 unspecified atom stereocenters. The quantitative estimate of drug-likeness (QED) is 0.535. The molecule has 0 saturated heterocycles. The van der Waals surface area contributed by atoms with E-state index in [4.69, 9.17) is 10.5 Å². The van der Waals surface area contributed by atoms with Gasteiger partial charge in [0.2, 0.25) is 0 Å². The lowest BCUT2D eigenvalue weighted by Gasteiger charge is -1.92. The predicted octanol–water partition coefficient (Wildman–Crippen LogP) is 1.34. The maximum absolute atomic E-state index is 12.2. The molecule has 0 bridgehead atoms. The van der Waals surface area contributed by atoms with Crippen molar-refractivity contribution in [1.82, 2.24) is 0 Å². The van der Waals surface area contributed by atoms with Crippen LogP contribution in [-0.2, 0) is 9.53 Å². The van der Waals surface area contributed by atoms with E-state index in [9.17, 15) is 8.78 Å². The Kier molecular flexibility index (Phi) is 5.18. The van der Waals surface area contributed by atoms with E-state index in [2.05, 4.69) is 4.74 Å². The number of benzene rings is 1. The minimum absolute atomic E-state index is 0.0311. The average Bonchev–Trinajstić information content (AvgIpc) is 2.12. The van der Waals surface area contributed by atoms with Crippen molar-refractivity contribution in [2.24, 2.45) is 0 Å². The standard InChI is InChI=1S/C6H5F2N.C2H4O2/c7-4-1-2-6(9)5(8)3-4;1-4-2-3/h1-3H,9H2;2H,1H3. The van der Waals surface area contributed by atoms with Gasteiger partial charge in [-0.3, -0.25) is 4.79 Å². The highest BCUT2D eigenvalue weighted by Gasteiger charge is 1.96. The van der Waals surface area contributed by atoms with Gasteiger partial charge in [0, 0.05) is 6.07 Å². The zero-order valence-corrected chi connectivity index (χ0v) is 6.96. The van der Waals surface area contributed by atoms with Gasteiger partial charge in [0.1, 0.15) is 11.6 Å². The zero-order valence-electron chi connectivity index (χ0n) is 6.96. The van der Waals surface area contributed by atoms with Gasteiger partial charge in [0.15, 0.2) is 0 Å². The van der Waals surface area contributed by atoms with Crippen LogP contribution in [0.4, 0.5) is 14.5 Å². The Morgan fingerprint density at radius 1 is 1.46 bits per heavy atom. The van der Waals surface area contributed by atoms with E-state index >= 15 is 0 Å². The number of rotatable bonds is 1. The van der Waals surface area contributed by atoms with Gasteiger partial charge in [-0.15, -0.1) is 0 Å². The molecule has 1 aromatic carbocycles. The molecule has 1 aromatic rings. The zero-order chi connectivity index (χ0) is 10.3. The Balaban J connectivity index is 0.000000310. The highest BCUT2D eigenvalue weighted by molar-refractivity contribution is 5.38. The van der Waals surface area contributed by atoms with E-state index in [0.717, 1.165) is 12.1 Å². The number of carbonyl (C=O) groups is 1. The van der Waals surface area contributed by atoms with E-state index in [1.165, 1.54) is 13.2 Å². The molecule has 2 N–H and O–H groups in total. The van der Waals surface area contributed by atoms with Crippen molar-refractivity contribution in [3.8, 4) is 0 Å². The molecule has 1 rings (SSSR count). The molecule has 0 fully saturated rings. The van der Waals surface area contributed by atoms with E-state index in [1.807, 2.05) is 0 Å². The lowest BCUT2D eigenvalue weighted by Crippen LogP contribution is -1.89. The van der Waals surface area contributed by atoms with Gasteiger partial charge in [-0.1, -0.05) is 0 Å². The van der Waals surface area contributed by atoms with Crippen molar-refractivity contribution in [2.75, 3.05) is 12.8 Å². The lowest BCUT2D eigenvalue weighted by molar-refractivity contribution is -0.126. The van der Waals surface area contributed by atoms with Crippen LogP contribution < -0.4 is 5.73 Å². The number of carbonyl (C=O) groups excluding carboxylic acids is 1. The van der Waals surface area contributed by atoms with Gasteiger partial charge in [-0.25, -0.2) is 8.78 Å². The summed E-state index contributed by atoms with van der Waals surface area (Å²) in [5.74, 6) is -1.32. The summed E-state index contributed by atoms with van der Waals surface area (Å²) in [6.07, 6.45) is 0. The van der Waals surface area contributed by atoms with Crippen molar-refractivity contribution < 1.29 is 18.3 Å². The number of halogens is 2. The third kappa shape index (κ3) is 4.73. The first-order chi connectivity index (χ1) is 6.11. The van der Waals surface area contributed by atoms with Crippen LogP contribution in [0.3, 0.4) is 0 Å². The van der Waals surface area contributed by atoms with Crippen molar-refractivity contribution in [2.45, 2.75) is 0 Å². The Bertz CT molecular complexity index is 279. The molecule has 72 valence electrons. The van der Waals surface area contributed by atoms with Gasteiger partial charge in [-0.05, 0) is 12.1 Å². The Hall–Kier alpha value is -1.65. The summed E-state index contributed by atoms with van der Waals surface area (Å²) in [5.41, 5.74) is 5.02.